The number of unbranched alkanes of at least 4 members (excludes halogenated alkanes) is 16. The van der Waals surface area contributed by atoms with Gasteiger partial charge >= 0.3 is 5.97 Å². The van der Waals surface area contributed by atoms with Gasteiger partial charge in [0.05, 0.1) is 19.3 Å². The second-order valence-corrected chi connectivity index (χ2v) is 13.5. The van der Waals surface area contributed by atoms with Crippen LogP contribution in [0.1, 0.15) is 162 Å². The molecule has 0 aromatic carbocycles. The van der Waals surface area contributed by atoms with Crippen LogP contribution >= 0.6 is 0 Å². The van der Waals surface area contributed by atoms with Gasteiger partial charge < -0.3 is 15.2 Å². The lowest BCUT2D eigenvalue weighted by Crippen LogP contribution is -2.46. The highest BCUT2D eigenvalue weighted by Gasteiger charge is 2.35. The number of amides is 1. The Kier molecular flexibility index (Phi) is 25.2. The standard InChI is InChI=1S/C32H60N2O9S/c1-3-5-7-9-11-13-15-17-19-21-26(35)23-29(33)43-31(38)25-28(44(40,41)42)32(39)34-30(37)24-27(36)22-20-18-16-14-12-10-8-6-4-2/h28-30,37H,3-25,33H2,1-2H3,(H,34,39)(H,40,41,42). The maximum Gasteiger partial charge on any atom is 0.309 e. The second kappa shape index (κ2) is 26.3. The van der Waals surface area contributed by atoms with Gasteiger partial charge in [0.15, 0.2) is 11.5 Å². The van der Waals surface area contributed by atoms with E-state index < -0.39 is 52.5 Å². The quantitative estimate of drug-likeness (QED) is 0.0327. The van der Waals surface area contributed by atoms with Crippen molar-refractivity contribution in [1.29, 1.82) is 0 Å². The zero-order valence-corrected chi connectivity index (χ0v) is 28.0. The highest BCUT2D eigenvalue weighted by atomic mass is 32.2. The molecule has 0 aromatic rings. The molecule has 3 unspecified atom stereocenters. The summed E-state index contributed by atoms with van der Waals surface area (Å²) in [5.74, 6) is -3.07. The third kappa shape index (κ3) is 24.4. The third-order valence-corrected chi connectivity index (χ3v) is 8.66. The van der Waals surface area contributed by atoms with Crippen molar-refractivity contribution in [2.75, 3.05) is 0 Å². The van der Waals surface area contributed by atoms with E-state index in [1.807, 2.05) is 5.32 Å². The van der Waals surface area contributed by atoms with Crippen molar-refractivity contribution in [1.82, 2.24) is 5.32 Å². The summed E-state index contributed by atoms with van der Waals surface area (Å²) in [4.78, 5) is 49.0. The maximum absolute atomic E-state index is 12.5. The van der Waals surface area contributed by atoms with E-state index >= 15 is 0 Å². The molecule has 0 aliphatic rings. The molecular weight excluding hydrogens is 588 g/mol. The average molecular weight is 649 g/mol. The minimum absolute atomic E-state index is 0.201. The van der Waals surface area contributed by atoms with Gasteiger partial charge in [-0.05, 0) is 12.8 Å². The largest absolute Gasteiger partial charge is 0.446 e. The van der Waals surface area contributed by atoms with Crippen molar-refractivity contribution in [2.45, 2.75) is 179 Å². The first-order chi connectivity index (χ1) is 20.9. The lowest BCUT2D eigenvalue weighted by molar-refractivity contribution is -0.151. The molecule has 0 saturated heterocycles. The van der Waals surface area contributed by atoms with Crippen molar-refractivity contribution in [2.24, 2.45) is 5.73 Å². The van der Waals surface area contributed by atoms with Gasteiger partial charge in [-0.2, -0.15) is 8.42 Å². The van der Waals surface area contributed by atoms with Gasteiger partial charge in [-0.1, -0.05) is 117 Å². The minimum Gasteiger partial charge on any atom is -0.446 e. The van der Waals surface area contributed by atoms with E-state index in [9.17, 15) is 37.3 Å². The van der Waals surface area contributed by atoms with Crippen LogP contribution in [0.3, 0.4) is 0 Å². The van der Waals surface area contributed by atoms with Crippen LogP contribution in [0.5, 0.6) is 0 Å². The van der Waals surface area contributed by atoms with Gasteiger partial charge in [-0.3, -0.25) is 29.5 Å². The Balaban J connectivity index is 4.37. The molecule has 0 bridgehead atoms. The fraction of sp³-hybridized carbons (Fsp3) is 0.875. The van der Waals surface area contributed by atoms with E-state index in [1.54, 1.807) is 0 Å². The fourth-order valence-corrected chi connectivity index (χ4v) is 5.65. The van der Waals surface area contributed by atoms with E-state index in [0.29, 0.717) is 12.8 Å². The molecule has 0 aliphatic carbocycles. The summed E-state index contributed by atoms with van der Waals surface area (Å²) in [6.07, 6.45) is 15.4. The fourth-order valence-electron chi connectivity index (χ4n) is 4.96. The number of carbonyl (C=O) groups is 4. The lowest BCUT2D eigenvalue weighted by Gasteiger charge is -2.18. The topological polar surface area (TPSA) is 190 Å². The first-order valence-electron chi connectivity index (χ1n) is 16.8. The molecule has 0 rings (SSSR count). The number of esters is 1. The molecule has 258 valence electrons. The van der Waals surface area contributed by atoms with Crippen LogP contribution in [-0.4, -0.2) is 59.2 Å². The molecule has 0 aromatic heterocycles. The number of hydrogen-bond acceptors (Lipinski definition) is 9. The Bertz CT molecular complexity index is 911. The zero-order valence-electron chi connectivity index (χ0n) is 27.2. The summed E-state index contributed by atoms with van der Waals surface area (Å²) in [6.45, 7) is 4.35. The van der Waals surface area contributed by atoms with E-state index in [0.717, 1.165) is 38.5 Å². The third-order valence-electron chi connectivity index (χ3n) is 7.56. The minimum atomic E-state index is -5.07. The molecule has 12 heteroatoms. The number of hydrogen-bond donors (Lipinski definition) is 4. The van der Waals surface area contributed by atoms with E-state index in [4.69, 9.17) is 10.5 Å². The number of ether oxygens (including phenoxy) is 1. The predicted octanol–water partition coefficient (Wildman–Crippen LogP) is 5.66. The number of rotatable bonds is 30. The smallest absolute Gasteiger partial charge is 0.309 e. The summed E-state index contributed by atoms with van der Waals surface area (Å²) in [7, 11) is -5.07. The maximum atomic E-state index is 12.5. The van der Waals surface area contributed by atoms with Gasteiger partial charge in [0, 0.05) is 12.8 Å². The van der Waals surface area contributed by atoms with Crippen molar-refractivity contribution in [3.63, 3.8) is 0 Å². The van der Waals surface area contributed by atoms with Crippen molar-refractivity contribution in [3.05, 3.63) is 0 Å². The normalized spacial score (nSPS) is 13.7. The number of nitrogens with two attached hydrogens (primary N) is 1. The summed E-state index contributed by atoms with van der Waals surface area (Å²) >= 11 is 0. The monoisotopic (exact) mass is 648 g/mol. The number of Topliss-reactive ketones (excluding diaryl/α,β-unsaturated/α-hetero) is 2. The van der Waals surface area contributed by atoms with Crippen LogP contribution in [0.25, 0.3) is 0 Å². The van der Waals surface area contributed by atoms with Crippen LogP contribution in [-0.2, 0) is 34.0 Å². The Labute approximate surface area is 265 Å². The highest BCUT2D eigenvalue weighted by Crippen LogP contribution is 2.14. The predicted molar refractivity (Wildman–Crippen MR) is 171 cm³/mol. The molecule has 44 heavy (non-hydrogen) atoms. The molecular formula is C32H60N2O9S. The summed E-state index contributed by atoms with van der Waals surface area (Å²) in [5, 5.41) is 9.77. The first-order valence-corrected chi connectivity index (χ1v) is 18.3. The molecule has 0 fully saturated rings. The average Bonchev–Trinajstić information content (AvgIpc) is 2.93. The first kappa shape index (κ1) is 42.1. The van der Waals surface area contributed by atoms with Gasteiger partial charge in [0.1, 0.15) is 17.8 Å². The van der Waals surface area contributed by atoms with Crippen LogP contribution in [0, 0.1) is 0 Å². The molecule has 1 amide bonds. The molecule has 0 spiro atoms. The molecule has 0 heterocycles. The Morgan fingerprint density at radius 3 is 1.45 bits per heavy atom. The highest BCUT2D eigenvalue weighted by molar-refractivity contribution is 7.87. The number of nitrogens with one attached hydrogen (secondary N) is 1. The number of carbonyl (C=O) groups excluding carboxylic acids is 4. The Morgan fingerprint density at radius 2 is 1.05 bits per heavy atom. The van der Waals surface area contributed by atoms with Crippen LogP contribution < -0.4 is 11.1 Å². The van der Waals surface area contributed by atoms with Gasteiger partial charge in [0.25, 0.3) is 10.1 Å². The molecule has 3 atom stereocenters. The molecule has 5 N–H and O–H groups in total. The van der Waals surface area contributed by atoms with Crippen LogP contribution in [0.2, 0.25) is 0 Å². The van der Waals surface area contributed by atoms with Gasteiger partial charge in [-0.25, -0.2) is 0 Å². The molecule has 0 saturated carbocycles. The van der Waals surface area contributed by atoms with Crippen LogP contribution in [0.4, 0.5) is 0 Å². The number of aliphatic hydroxyl groups is 1. The molecule has 11 nitrogen and oxygen atoms in total. The van der Waals surface area contributed by atoms with Crippen molar-refractivity contribution < 1.29 is 42.0 Å². The zero-order chi connectivity index (χ0) is 33.2. The Hall–Kier alpha value is -1.89. The Morgan fingerprint density at radius 1 is 0.659 bits per heavy atom. The summed E-state index contributed by atoms with van der Waals surface area (Å²) in [6, 6.07) is 0. The van der Waals surface area contributed by atoms with E-state index in [2.05, 4.69) is 13.8 Å². The van der Waals surface area contributed by atoms with Crippen molar-refractivity contribution >= 4 is 33.6 Å². The molecule has 0 aliphatic heterocycles. The van der Waals surface area contributed by atoms with Crippen LogP contribution in [0.15, 0.2) is 0 Å². The lowest BCUT2D eigenvalue weighted by atomic mass is 10.0. The van der Waals surface area contributed by atoms with Crippen molar-refractivity contribution in [3.8, 4) is 0 Å². The second-order valence-electron chi connectivity index (χ2n) is 11.9. The summed E-state index contributed by atoms with van der Waals surface area (Å²) < 4.78 is 38.0. The van der Waals surface area contributed by atoms with E-state index in [1.165, 1.54) is 64.2 Å². The number of ketones is 2. The number of aliphatic hydroxyl groups excluding tert-OH is 1. The van der Waals surface area contributed by atoms with Gasteiger partial charge in [0.2, 0.25) is 5.91 Å². The SMILES string of the molecule is CCCCCCCCCCCC(=O)CC(O)NC(=O)C(CC(=O)OC(N)CC(=O)CCCCCCCCCCC)S(=O)(=O)O. The van der Waals surface area contributed by atoms with Gasteiger partial charge in [-0.15, -0.1) is 0 Å². The molecule has 0 radical (unpaired) electrons. The summed E-state index contributed by atoms with van der Waals surface area (Å²) in [5.41, 5.74) is 5.72. The van der Waals surface area contributed by atoms with E-state index in [-0.39, 0.29) is 30.8 Å².